The molecule has 24 heavy (non-hydrogen) atoms. The minimum atomic E-state index is -3.67. The molecule has 0 aliphatic heterocycles. The number of aromatic nitrogens is 2. The van der Waals surface area contributed by atoms with Crippen molar-refractivity contribution in [2.24, 2.45) is 0 Å². The predicted octanol–water partition coefficient (Wildman–Crippen LogP) is 2.39. The van der Waals surface area contributed by atoms with Crippen LogP contribution < -0.4 is 9.46 Å². The van der Waals surface area contributed by atoms with Gasteiger partial charge in [-0.2, -0.15) is 5.10 Å². The van der Waals surface area contributed by atoms with Gasteiger partial charge >= 0.3 is 0 Å². The fourth-order valence-corrected chi connectivity index (χ4v) is 3.22. The molecule has 1 heterocycles. The first-order chi connectivity index (χ1) is 11.6. The van der Waals surface area contributed by atoms with Gasteiger partial charge in [-0.3, -0.25) is 9.82 Å². The highest BCUT2D eigenvalue weighted by Crippen LogP contribution is 2.21. The molecular formula is C16H17N3O4S. The summed E-state index contributed by atoms with van der Waals surface area (Å²) < 4.78 is 37.8. The number of methoxy groups -OCH3 is 1. The maximum Gasteiger partial charge on any atom is 0.261 e. The van der Waals surface area contributed by atoms with Gasteiger partial charge < -0.3 is 9.47 Å². The molecule has 0 aliphatic carbocycles. The Morgan fingerprint density at radius 3 is 2.67 bits per heavy atom. The van der Waals surface area contributed by atoms with Gasteiger partial charge in [-0.05, 0) is 42.5 Å². The number of H-pyrrole nitrogens is 1. The quantitative estimate of drug-likeness (QED) is 0.640. The molecule has 0 radical (unpaired) electrons. The Bertz CT molecular complexity index is 920. The largest absolute Gasteiger partial charge is 0.491 e. The second-order valence-corrected chi connectivity index (χ2v) is 6.77. The van der Waals surface area contributed by atoms with Gasteiger partial charge in [0, 0.05) is 12.5 Å². The number of nitrogens with one attached hydrogen (secondary N) is 2. The highest BCUT2D eigenvalue weighted by Gasteiger charge is 2.14. The third-order valence-electron chi connectivity index (χ3n) is 3.38. The Morgan fingerprint density at radius 2 is 1.92 bits per heavy atom. The molecule has 0 saturated carbocycles. The summed E-state index contributed by atoms with van der Waals surface area (Å²) in [5, 5.41) is 7.63. The van der Waals surface area contributed by atoms with Crippen molar-refractivity contribution in [1.82, 2.24) is 10.2 Å². The topological polar surface area (TPSA) is 93.3 Å². The van der Waals surface area contributed by atoms with Crippen LogP contribution >= 0.6 is 0 Å². The van der Waals surface area contributed by atoms with Crippen molar-refractivity contribution < 1.29 is 17.9 Å². The molecule has 0 unspecified atom stereocenters. The second kappa shape index (κ2) is 6.90. The summed E-state index contributed by atoms with van der Waals surface area (Å²) in [6.07, 6.45) is 1.68. The van der Waals surface area contributed by atoms with Crippen LogP contribution in [0.2, 0.25) is 0 Å². The van der Waals surface area contributed by atoms with Gasteiger partial charge in [-0.25, -0.2) is 8.42 Å². The summed E-state index contributed by atoms with van der Waals surface area (Å²) in [4.78, 5) is 0.159. The van der Waals surface area contributed by atoms with E-state index in [9.17, 15) is 8.42 Å². The van der Waals surface area contributed by atoms with E-state index in [0.717, 1.165) is 10.9 Å². The molecule has 0 saturated heterocycles. The Kier molecular flexibility index (Phi) is 4.68. The number of hydrogen-bond donors (Lipinski definition) is 2. The molecule has 2 aromatic carbocycles. The summed E-state index contributed by atoms with van der Waals surface area (Å²) in [7, 11) is -2.08. The first kappa shape index (κ1) is 16.3. The van der Waals surface area contributed by atoms with Crippen LogP contribution in [0.15, 0.2) is 53.6 Å². The third kappa shape index (κ3) is 3.66. The lowest BCUT2D eigenvalue weighted by molar-refractivity contribution is 0.146. The molecule has 7 nitrogen and oxygen atoms in total. The maximum absolute atomic E-state index is 12.4. The van der Waals surface area contributed by atoms with E-state index in [-0.39, 0.29) is 4.90 Å². The van der Waals surface area contributed by atoms with Gasteiger partial charge in [-0.1, -0.05) is 0 Å². The van der Waals surface area contributed by atoms with E-state index in [0.29, 0.717) is 24.7 Å². The zero-order chi connectivity index (χ0) is 17.0. The summed E-state index contributed by atoms with van der Waals surface area (Å²) >= 11 is 0. The van der Waals surface area contributed by atoms with Crippen molar-refractivity contribution in [3.05, 3.63) is 48.7 Å². The molecule has 0 amide bonds. The first-order valence-corrected chi connectivity index (χ1v) is 8.74. The minimum absolute atomic E-state index is 0.159. The first-order valence-electron chi connectivity index (χ1n) is 7.26. The summed E-state index contributed by atoms with van der Waals surface area (Å²) in [6, 6.07) is 11.4. The summed E-state index contributed by atoms with van der Waals surface area (Å²) in [5.41, 5.74) is 1.23. The summed E-state index contributed by atoms with van der Waals surface area (Å²) in [5.74, 6) is 0.588. The number of aromatic amines is 1. The smallest absolute Gasteiger partial charge is 0.261 e. The molecule has 8 heteroatoms. The van der Waals surface area contributed by atoms with Gasteiger partial charge in [0.15, 0.2) is 0 Å². The van der Waals surface area contributed by atoms with Crippen molar-refractivity contribution in [2.75, 3.05) is 25.0 Å². The number of anilines is 1. The van der Waals surface area contributed by atoms with Gasteiger partial charge in [0.05, 0.1) is 28.9 Å². The average molecular weight is 347 g/mol. The van der Waals surface area contributed by atoms with Crippen LogP contribution in [-0.4, -0.2) is 38.9 Å². The molecule has 0 aliphatic rings. The zero-order valence-electron chi connectivity index (χ0n) is 13.0. The van der Waals surface area contributed by atoms with Gasteiger partial charge in [-0.15, -0.1) is 0 Å². The molecule has 126 valence electrons. The van der Waals surface area contributed by atoms with E-state index in [1.807, 2.05) is 0 Å². The molecule has 0 spiro atoms. The van der Waals surface area contributed by atoms with Crippen LogP contribution in [0.25, 0.3) is 10.9 Å². The van der Waals surface area contributed by atoms with Crippen molar-refractivity contribution in [2.45, 2.75) is 4.90 Å². The lowest BCUT2D eigenvalue weighted by Gasteiger charge is -2.09. The van der Waals surface area contributed by atoms with Crippen LogP contribution in [0.5, 0.6) is 5.75 Å². The zero-order valence-corrected chi connectivity index (χ0v) is 13.8. The molecular weight excluding hydrogens is 330 g/mol. The fourth-order valence-electron chi connectivity index (χ4n) is 2.17. The molecule has 0 atom stereocenters. The number of nitrogens with zero attached hydrogens (tertiary/aromatic N) is 1. The van der Waals surface area contributed by atoms with Crippen LogP contribution in [-0.2, 0) is 14.8 Å². The van der Waals surface area contributed by atoms with E-state index in [1.54, 1.807) is 43.6 Å². The molecule has 3 rings (SSSR count). The number of fused-ring (bicyclic) bond motifs is 1. The van der Waals surface area contributed by atoms with E-state index >= 15 is 0 Å². The number of hydrogen-bond acceptors (Lipinski definition) is 5. The third-order valence-corrected chi connectivity index (χ3v) is 4.78. The lowest BCUT2D eigenvalue weighted by atomic mass is 10.2. The second-order valence-electron chi connectivity index (χ2n) is 5.09. The summed E-state index contributed by atoms with van der Waals surface area (Å²) in [6.45, 7) is 0.878. The normalized spacial score (nSPS) is 11.5. The van der Waals surface area contributed by atoms with E-state index in [4.69, 9.17) is 9.47 Å². The van der Waals surface area contributed by atoms with Crippen molar-refractivity contribution >= 4 is 26.6 Å². The van der Waals surface area contributed by atoms with Crippen molar-refractivity contribution in [3.8, 4) is 5.75 Å². The maximum atomic E-state index is 12.4. The van der Waals surface area contributed by atoms with Gasteiger partial charge in [0.1, 0.15) is 12.4 Å². The highest BCUT2D eigenvalue weighted by molar-refractivity contribution is 7.92. The van der Waals surface area contributed by atoms with Crippen LogP contribution in [0.4, 0.5) is 5.69 Å². The molecule has 1 aromatic heterocycles. The van der Waals surface area contributed by atoms with Crippen LogP contribution in [0.3, 0.4) is 0 Å². The van der Waals surface area contributed by atoms with E-state index in [1.165, 1.54) is 12.1 Å². The monoisotopic (exact) mass is 347 g/mol. The number of sulfonamides is 1. The highest BCUT2D eigenvalue weighted by atomic mass is 32.2. The predicted molar refractivity (Wildman–Crippen MR) is 90.7 cm³/mol. The van der Waals surface area contributed by atoms with Gasteiger partial charge in [0.2, 0.25) is 0 Å². The number of benzene rings is 2. The Labute approximate surface area is 139 Å². The lowest BCUT2D eigenvalue weighted by Crippen LogP contribution is -2.13. The Balaban J connectivity index is 1.74. The minimum Gasteiger partial charge on any atom is -0.491 e. The average Bonchev–Trinajstić information content (AvgIpc) is 3.03. The van der Waals surface area contributed by atoms with Crippen molar-refractivity contribution in [1.29, 1.82) is 0 Å². The van der Waals surface area contributed by atoms with Crippen LogP contribution in [0.1, 0.15) is 0 Å². The van der Waals surface area contributed by atoms with Gasteiger partial charge in [0.25, 0.3) is 10.0 Å². The fraction of sp³-hybridized carbons (Fsp3) is 0.188. The molecule has 0 fully saturated rings. The molecule has 2 N–H and O–H groups in total. The molecule has 0 bridgehead atoms. The van der Waals surface area contributed by atoms with E-state index < -0.39 is 10.0 Å². The standard InChI is InChI=1S/C16H17N3O4S/c1-22-8-9-23-14-4-6-15(7-5-14)24(20,21)19-13-3-2-12-11-17-18-16(12)10-13/h2-7,10-11,19H,8-9H2,1H3,(H,17,18). The number of ether oxygens (including phenoxy) is 2. The molecule has 3 aromatic rings. The van der Waals surface area contributed by atoms with Crippen molar-refractivity contribution in [3.63, 3.8) is 0 Å². The SMILES string of the molecule is COCCOc1ccc(S(=O)(=O)Nc2ccc3cn[nH]c3c2)cc1. The number of rotatable bonds is 7. The van der Waals surface area contributed by atoms with E-state index in [2.05, 4.69) is 14.9 Å². The Morgan fingerprint density at radius 1 is 1.12 bits per heavy atom. The Hall–Kier alpha value is -2.58. The van der Waals surface area contributed by atoms with Crippen LogP contribution in [0, 0.1) is 0 Å².